The third-order valence-electron chi connectivity index (χ3n) is 6.48. The number of aromatic nitrogens is 3. The first kappa shape index (κ1) is 29.3. The highest BCUT2D eigenvalue weighted by molar-refractivity contribution is 7.16. The number of alkyl halides is 3. The summed E-state index contributed by atoms with van der Waals surface area (Å²) in [5.41, 5.74) is 3.01. The summed E-state index contributed by atoms with van der Waals surface area (Å²) >= 11 is 0.698. The Morgan fingerprint density at radius 2 is 1.95 bits per heavy atom. The number of aliphatic hydroxyl groups is 1. The maximum absolute atomic E-state index is 13.9. The molecule has 8 nitrogen and oxygen atoms in total. The number of fused-ring (bicyclic) bond motifs is 2. The van der Waals surface area contributed by atoms with Crippen molar-refractivity contribution in [3.63, 3.8) is 0 Å². The van der Waals surface area contributed by atoms with Crippen molar-refractivity contribution in [3.8, 4) is 17.0 Å². The molecule has 0 amide bonds. The Balaban J connectivity index is 1.18. The molecule has 3 heterocycles. The highest BCUT2D eigenvalue weighted by atomic mass is 32.1. The van der Waals surface area contributed by atoms with Crippen molar-refractivity contribution in [1.29, 1.82) is 0 Å². The van der Waals surface area contributed by atoms with Crippen LogP contribution in [-0.4, -0.2) is 45.3 Å². The topological polar surface area (TPSA) is 117 Å². The van der Waals surface area contributed by atoms with E-state index in [1.165, 1.54) is 18.2 Å². The molecule has 5 aromatic rings. The zero-order valence-electron chi connectivity index (χ0n) is 21.9. The monoisotopic (exact) mass is 600 g/mol. The molecule has 0 saturated carbocycles. The van der Waals surface area contributed by atoms with Gasteiger partial charge in [0.05, 0.1) is 22.0 Å². The van der Waals surface area contributed by atoms with E-state index in [9.17, 15) is 32.3 Å². The van der Waals surface area contributed by atoms with Crippen molar-refractivity contribution >= 4 is 38.4 Å². The van der Waals surface area contributed by atoms with Crippen molar-refractivity contribution in [2.24, 2.45) is 0 Å². The molecule has 3 aromatic heterocycles. The van der Waals surface area contributed by atoms with E-state index in [0.29, 0.717) is 46.6 Å². The normalized spacial score (nSPS) is 12.6. The zero-order valence-corrected chi connectivity index (χ0v) is 22.7. The minimum Gasteiger partial charge on any atom is -0.418 e. The summed E-state index contributed by atoms with van der Waals surface area (Å²) in [6, 6.07) is 14.4. The van der Waals surface area contributed by atoms with E-state index in [4.69, 9.17) is 4.98 Å². The van der Waals surface area contributed by atoms with Crippen LogP contribution in [0.3, 0.4) is 0 Å². The fourth-order valence-corrected chi connectivity index (χ4v) is 5.46. The molecule has 0 aliphatic carbocycles. The minimum absolute atomic E-state index is 0.0881. The van der Waals surface area contributed by atoms with Gasteiger partial charge in [-0.15, -0.1) is 0 Å². The number of halogens is 4. The van der Waals surface area contributed by atoms with Gasteiger partial charge in [0.25, 0.3) is 0 Å². The average molecular weight is 601 g/mol. The van der Waals surface area contributed by atoms with E-state index in [1.807, 2.05) is 18.2 Å². The summed E-state index contributed by atoms with van der Waals surface area (Å²) in [5.74, 6) is -3.22. The van der Waals surface area contributed by atoms with Gasteiger partial charge in [0.2, 0.25) is 0 Å². The van der Waals surface area contributed by atoms with Gasteiger partial charge in [-0.05, 0) is 56.1 Å². The molecule has 1 unspecified atom stereocenters. The molecule has 42 heavy (non-hydrogen) atoms. The second-order valence-electron chi connectivity index (χ2n) is 9.48. The van der Waals surface area contributed by atoms with Crippen LogP contribution in [0.15, 0.2) is 65.6 Å². The van der Waals surface area contributed by atoms with Gasteiger partial charge < -0.3 is 20.1 Å². The van der Waals surface area contributed by atoms with Crippen molar-refractivity contribution in [3.05, 3.63) is 87.5 Å². The lowest BCUT2D eigenvalue weighted by atomic mass is 10.0. The molecule has 0 spiro atoms. The number of thiazole rings is 1. The van der Waals surface area contributed by atoms with Gasteiger partial charge in [-0.25, -0.2) is 9.18 Å². The number of nitrogens with one attached hydrogen (secondary N) is 2. The Kier molecular flexibility index (Phi) is 8.61. The lowest BCUT2D eigenvalue weighted by Gasteiger charge is -2.15. The van der Waals surface area contributed by atoms with Gasteiger partial charge in [-0.3, -0.25) is 14.8 Å². The smallest absolute Gasteiger partial charge is 0.418 e. The van der Waals surface area contributed by atoms with Crippen LogP contribution in [0.1, 0.15) is 30.2 Å². The van der Waals surface area contributed by atoms with Crippen molar-refractivity contribution in [2.75, 3.05) is 13.1 Å². The molecule has 0 aliphatic heterocycles. The van der Waals surface area contributed by atoms with E-state index in [0.717, 1.165) is 30.0 Å². The molecule has 13 heteroatoms. The van der Waals surface area contributed by atoms with Gasteiger partial charge in [0, 0.05) is 34.9 Å². The lowest BCUT2D eigenvalue weighted by Crippen LogP contribution is -2.28. The number of nitrogens with zero attached hydrogens (tertiary/aromatic N) is 2. The standard InChI is InChI=1S/C29H24F4N4O4S/c30-18-7-3-5-16(13-18)24-23-17(6-4-12-35-23)14-19(36-24)8-1-2-11-34-15-21(38)20-9-10-22(41-27(39)29(31,32)33)25-26(20)42-28(40)37-25/h3-7,9-10,12-14,21,34,38H,1-2,8,11,15H2,(H,37,40). The molecular weight excluding hydrogens is 576 g/mol. The number of hydrogen-bond acceptors (Lipinski definition) is 8. The first-order valence-corrected chi connectivity index (χ1v) is 13.8. The predicted octanol–water partition coefficient (Wildman–Crippen LogP) is 5.45. The summed E-state index contributed by atoms with van der Waals surface area (Å²) in [5, 5.41) is 14.8. The number of carbonyl (C=O) groups is 1. The number of rotatable bonds is 10. The van der Waals surface area contributed by atoms with Crippen LogP contribution in [0.2, 0.25) is 0 Å². The Bertz CT molecular complexity index is 1800. The Morgan fingerprint density at radius 1 is 1.12 bits per heavy atom. The van der Waals surface area contributed by atoms with Crippen LogP contribution in [0.5, 0.6) is 5.75 Å². The Hall–Kier alpha value is -4.20. The number of esters is 1. The number of benzene rings is 2. The Labute approximate surface area is 240 Å². The third kappa shape index (κ3) is 6.64. The molecule has 0 bridgehead atoms. The first-order chi connectivity index (χ1) is 20.1. The fourth-order valence-electron chi connectivity index (χ4n) is 4.54. The number of carbonyl (C=O) groups excluding carboxylic acids is 1. The predicted molar refractivity (Wildman–Crippen MR) is 150 cm³/mol. The van der Waals surface area contributed by atoms with E-state index >= 15 is 0 Å². The summed E-state index contributed by atoms with van der Waals surface area (Å²) < 4.78 is 56.4. The average Bonchev–Trinajstić information content (AvgIpc) is 3.35. The van der Waals surface area contributed by atoms with E-state index < -0.39 is 28.9 Å². The molecule has 0 aliphatic rings. The summed E-state index contributed by atoms with van der Waals surface area (Å²) in [6.45, 7) is 0.670. The molecule has 0 fully saturated rings. The number of ether oxygens (including phenoxy) is 1. The molecular formula is C29H24F4N4O4S. The molecule has 2 aromatic carbocycles. The summed E-state index contributed by atoms with van der Waals surface area (Å²) in [6.07, 6.45) is -2.43. The van der Waals surface area contributed by atoms with Crippen molar-refractivity contribution in [2.45, 2.75) is 31.5 Å². The number of unbranched alkanes of at least 4 members (excludes halogenated alkanes) is 1. The number of pyridine rings is 2. The molecule has 5 rings (SSSR count). The van der Waals surface area contributed by atoms with Gasteiger partial charge in [-0.2, -0.15) is 13.2 Å². The van der Waals surface area contributed by atoms with Gasteiger partial charge >= 0.3 is 17.0 Å². The largest absolute Gasteiger partial charge is 0.491 e. The number of hydrogen-bond donors (Lipinski definition) is 3. The first-order valence-electron chi connectivity index (χ1n) is 12.9. The molecule has 0 radical (unpaired) electrons. The van der Waals surface area contributed by atoms with E-state index in [-0.39, 0.29) is 22.6 Å². The van der Waals surface area contributed by atoms with Crippen LogP contribution in [0.25, 0.3) is 32.4 Å². The number of aromatic amines is 1. The van der Waals surface area contributed by atoms with Crippen LogP contribution in [0, 0.1) is 5.82 Å². The quantitative estimate of drug-likeness (QED) is 0.0845. The van der Waals surface area contributed by atoms with Gasteiger partial charge in [-0.1, -0.05) is 35.6 Å². The number of H-pyrrole nitrogens is 1. The maximum Gasteiger partial charge on any atom is 0.491 e. The van der Waals surface area contributed by atoms with Gasteiger partial charge in [0.1, 0.15) is 11.3 Å². The lowest BCUT2D eigenvalue weighted by molar-refractivity contribution is -0.189. The van der Waals surface area contributed by atoms with Crippen LogP contribution < -0.4 is 14.9 Å². The van der Waals surface area contributed by atoms with Crippen molar-refractivity contribution < 1.29 is 32.2 Å². The summed E-state index contributed by atoms with van der Waals surface area (Å²) in [7, 11) is 0. The third-order valence-corrected chi connectivity index (χ3v) is 7.41. The van der Waals surface area contributed by atoms with Crippen LogP contribution >= 0.6 is 11.3 Å². The number of aliphatic hydroxyl groups excluding tert-OH is 1. The molecule has 218 valence electrons. The fraction of sp³-hybridized carbons (Fsp3) is 0.241. The van der Waals surface area contributed by atoms with E-state index in [1.54, 1.807) is 18.3 Å². The van der Waals surface area contributed by atoms with Crippen LogP contribution in [-0.2, 0) is 11.2 Å². The molecule has 0 saturated heterocycles. The highest BCUT2D eigenvalue weighted by Gasteiger charge is 2.41. The second-order valence-corrected chi connectivity index (χ2v) is 10.5. The van der Waals surface area contributed by atoms with Crippen molar-refractivity contribution in [1.82, 2.24) is 20.3 Å². The summed E-state index contributed by atoms with van der Waals surface area (Å²) in [4.78, 5) is 34.2. The highest BCUT2D eigenvalue weighted by Crippen LogP contribution is 2.33. The van der Waals surface area contributed by atoms with Crippen LogP contribution in [0.4, 0.5) is 17.6 Å². The zero-order chi connectivity index (χ0) is 29.9. The molecule has 3 N–H and O–H groups in total. The van der Waals surface area contributed by atoms with Gasteiger partial charge in [0.15, 0.2) is 5.75 Å². The SMILES string of the molecule is O=C(Oc1ccc(C(O)CNCCCCc2cc3cccnc3c(-c3cccc(F)c3)n2)c2sc(=O)[nH]c12)C(F)(F)F. The minimum atomic E-state index is -5.20. The Morgan fingerprint density at radius 3 is 2.74 bits per heavy atom. The second kappa shape index (κ2) is 12.3. The maximum atomic E-state index is 13.9. The number of aryl methyl sites for hydroxylation is 1. The molecule has 1 atom stereocenters. The van der Waals surface area contributed by atoms with E-state index in [2.05, 4.69) is 20.0 Å².